The van der Waals surface area contributed by atoms with E-state index in [0.717, 1.165) is 37.0 Å². The highest BCUT2D eigenvalue weighted by atomic mass is 35.5. The van der Waals surface area contributed by atoms with E-state index >= 15 is 0 Å². The Bertz CT molecular complexity index is 534. The molecule has 4 nitrogen and oxygen atoms in total. The largest absolute Gasteiger partial charge is 0.254 e. The van der Waals surface area contributed by atoms with Gasteiger partial charge in [0.15, 0.2) is 8.68 Å². The summed E-state index contributed by atoms with van der Waals surface area (Å²) < 4.78 is 27.3. The minimum Gasteiger partial charge on any atom is -0.229 e. The fraction of sp³-hybridized carbons (Fsp3) is 0.750. The number of thiazole rings is 1. The first-order valence-corrected chi connectivity index (χ1v) is 9.17. The van der Waals surface area contributed by atoms with Crippen LogP contribution in [0.2, 0.25) is 4.47 Å². The van der Waals surface area contributed by atoms with E-state index in [4.69, 9.17) is 11.6 Å². The van der Waals surface area contributed by atoms with Gasteiger partial charge in [-0.2, -0.15) is 4.31 Å². The van der Waals surface area contributed by atoms with Gasteiger partial charge in [-0.1, -0.05) is 48.6 Å². The van der Waals surface area contributed by atoms with Crippen molar-refractivity contribution < 1.29 is 8.42 Å². The summed E-state index contributed by atoms with van der Waals surface area (Å²) in [6.45, 7) is 1.69. The molecule has 0 N–H and O–H groups in total. The van der Waals surface area contributed by atoms with Gasteiger partial charge in [0, 0.05) is 13.1 Å². The number of hydrogen-bond donors (Lipinski definition) is 0. The summed E-state index contributed by atoms with van der Waals surface area (Å²) >= 11 is 6.86. The number of aromatic nitrogens is 1. The quantitative estimate of drug-likeness (QED) is 0.801. The van der Waals surface area contributed by atoms with E-state index in [1.807, 2.05) is 0 Å². The van der Waals surface area contributed by atoms with Crippen LogP contribution in [-0.4, -0.2) is 30.8 Å². The number of aryl methyl sites for hydroxylation is 1. The van der Waals surface area contributed by atoms with Crippen molar-refractivity contribution in [1.82, 2.24) is 9.29 Å². The summed E-state index contributed by atoms with van der Waals surface area (Å²) in [4.78, 5) is 4.00. The summed E-state index contributed by atoms with van der Waals surface area (Å²) in [6.07, 6.45) is 6.51. The van der Waals surface area contributed by atoms with Crippen LogP contribution in [0.4, 0.5) is 0 Å². The molecule has 19 heavy (non-hydrogen) atoms. The molecule has 1 fully saturated rings. The molecule has 0 aliphatic heterocycles. The molecule has 0 saturated heterocycles. The van der Waals surface area contributed by atoms with E-state index in [-0.39, 0.29) is 14.7 Å². The average Bonchev–Trinajstić information content (AvgIpc) is 2.58. The molecule has 1 heterocycles. The van der Waals surface area contributed by atoms with Gasteiger partial charge in [-0.15, -0.1) is 0 Å². The summed E-state index contributed by atoms with van der Waals surface area (Å²) in [5.41, 5.74) is 0.496. The van der Waals surface area contributed by atoms with Gasteiger partial charge < -0.3 is 0 Å². The molecule has 108 valence electrons. The maximum Gasteiger partial charge on any atom is 0.254 e. The maximum atomic E-state index is 12.6. The molecule has 0 spiro atoms. The summed E-state index contributed by atoms with van der Waals surface area (Å²) in [5, 5.41) is 0. The van der Waals surface area contributed by atoms with Crippen molar-refractivity contribution in [3.05, 3.63) is 10.2 Å². The maximum absolute atomic E-state index is 12.6. The zero-order chi connectivity index (χ0) is 14.0. The fourth-order valence-corrected chi connectivity index (χ4v) is 5.86. The first kappa shape index (κ1) is 15.2. The predicted octanol–water partition coefficient (Wildman–Crippen LogP) is 3.45. The van der Waals surface area contributed by atoms with Crippen LogP contribution in [0, 0.1) is 6.92 Å². The Morgan fingerprint density at radius 3 is 2.32 bits per heavy atom. The van der Waals surface area contributed by atoms with E-state index in [2.05, 4.69) is 4.98 Å². The Balaban J connectivity index is 2.25. The highest BCUT2D eigenvalue weighted by Crippen LogP contribution is 2.32. The van der Waals surface area contributed by atoms with Gasteiger partial charge >= 0.3 is 0 Å². The molecule has 7 heteroatoms. The van der Waals surface area contributed by atoms with Crippen molar-refractivity contribution in [1.29, 1.82) is 0 Å². The normalized spacial score (nSPS) is 18.7. The van der Waals surface area contributed by atoms with Crippen LogP contribution >= 0.6 is 22.9 Å². The van der Waals surface area contributed by atoms with Gasteiger partial charge in [0.2, 0.25) is 0 Å². The van der Waals surface area contributed by atoms with E-state index in [9.17, 15) is 8.42 Å². The van der Waals surface area contributed by atoms with Crippen molar-refractivity contribution in [2.24, 2.45) is 0 Å². The smallest absolute Gasteiger partial charge is 0.229 e. The Morgan fingerprint density at radius 1 is 1.26 bits per heavy atom. The molecule has 1 saturated carbocycles. The van der Waals surface area contributed by atoms with Crippen LogP contribution in [0.15, 0.2) is 4.21 Å². The summed E-state index contributed by atoms with van der Waals surface area (Å²) in [5.74, 6) is 0. The van der Waals surface area contributed by atoms with Crippen LogP contribution in [0.1, 0.15) is 44.2 Å². The minimum absolute atomic E-state index is 0.104. The average molecular weight is 323 g/mol. The number of sulfonamides is 1. The molecular weight excluding hydrogens is 304 g/mol. The van der Waals surface area contributed by atoms with Crippen molar-refractivity contribution >= 4 is 33.0 Å². The lowest BCUT2D eigenvalue weighted by Gasteiger charge is -2.25. The number of halogens is 1. The van der Waals surface area contributed by atoms with Gasteiger partial charge in [0.05, 0.1) is 5.69 Å². The Labute approximate surface area is 123 Å². The molecule has 0 atom stereocenters. The molecule has 2 rings (SSSR count). The Kier molecular flexibility index (Phi) is 4.87. The fourth-order valence-electron chi connectivity index (χ4n) is 2.54. The molecule has 0 aromatic carbocycles. The third kappa shape index (κ3) is 3.29. The second-order valence-electron chi connectivity index (χ2n) is 5.01. The molecule has 1 aromatic rings. The molecule has 1 aliphatic rings. The van der Waals surface area contributed by atoms with Gasteiger partial charge in [0.25, 0.3) is 10.0 Å². The van der Waals surface area contributed by atoms with E-state index in [1.54, 1.807) is 14.0 Å². The first-order chi connectivity index (χ1) is 8.93. The number of hydrogen-bond acceptors (Lipinski definition) is 4. The zero-order valence-corrected chi connectivity index (χ0v) is 13.6. The molecule has 1 aromatic heterocycles. The van der Waals surface area contributed by atoms with Crippen molar-refractivity contribution in [3.8, 4) is 0 Å². The van der Waals surface area contributed by atoms with Crippen molar-refractivity contribution in [2.75, 3.05) is 7.05 Å². The predicted molar refractivity (Wildman–Crippen MR) is 78.3 cm³/mol. The van der Waals surface area contributed by atoms with Crippen LogP contribution in [0.25, 0.3) is 0 Å². The topological polar surface area (TPSA) is 50.3 Å². The highest BCUT2D eigenvalue weighted by molar-refractivity contribution is 7.91. The molecule has 1 aliphatic carbocycles. The van der Waals surface area contributed by atoms with E-state index in [0.29, 0.717) is 5.69 Å². The lowest BCUT2D eigenvalue weighted by molar-refractivity contribution is 0.336. The second kappa shape index (κ2) is 6.08. The molecule has 0 radical (unpaired) electrons. The molecule has 0 amide bonds. The summed E-state index contributed by atoms with van der Waals surface area (Å²) in [7, 11) is -1.78. The van der Waals surface area contributed by atoms with Crippen molar-refractivity contribution in [2.45, 2.75) is 55.7 Å². The summed E-state index contributed by atoms with van der Waals surface area (Å²) in [6, 6.07) is 0.104. The van der Waals surface area contributed by atoms with Crippen LogP contribution in [0.5, 0.6) is 0 Å². The SMILES string of the molecule is Cc1nc(Cl)sc1S(=O)(=O)N(C)C1CCCCCC1. The minimum atomic E-state index is -3.46. The lowest BCUT2D eigenvalue weighted by Crippen LogP contribution is -2.36. The molecule has 0 unspecified atom stereocenters. The highest BCUT2D eigenvalue weighted by Gasteiger charge is 2.31. The van der Waals surface area contributed by atoms with Gasteiger partial charge in [-0.05, 0) is 19.8 Å². The Hall–Kier alpha value is -0.170. The van der Waals surface area contributed by atoms with Crippen molar-refractivity contribution in [3.63, 3.8) is 0 Å². The van der Waals surface area contributed by atoms with E-state index in [1.165, 1.54) is 17.1 Å². The van der Waals surface area contributed by atoms with Gasteiger partial charge in [0.1, 0.15) is 0 Å². The van der Waals surface area contributed by atoms with Gasteiger partial charge in [-0.25, -0.2) is 13.4 Å². The monoisotopic (exact) mass is 322 g/mol. The van der Waals surface area contributed by atoms with Crippen LogP contribution < -0.4 is 0 Å². The number of nitrogens with zero attached hydrogens (tertiary/aromatic N) is 2. The van der Waals surface area contributed by atoms with Crippen LogP contribution in [0.3, 0.4) is 0 Å². The Morgan fingerprint density at radius 2 is 1.84 bits per heavy atom. The molecule has 0 bridgehead atoms. The third-order valence-corrected chi connectivity index (χ3v) is 7.44. The third-order valence-electron chi connectivity index (χ3n) is 3.68. The zero-order valence-electron chi connectivity index (χ0n) is 11.2. The van der Waals surface area contributed by atoms with Gasteiger partial charge in [-0.3, -0.25) is 0 Å². The van der Waals surface area contributed by atoms with Crippen LogP contribution in [-0.2, 0) is 10.0 Å². The standard InChI is InChI=1S/C12H19ClN2O2S2/c1-9-11(18-12(13)14-9)19(16,17)15(2)10-7-5-3-4-6-8-10/h10H,3-8H2,1-2H3. The number of rotatable bonds is 3. The first-order valence-electron chi connectivity index (χ1n) is 6.54. The molecular formula is C12H19ClN2O2S2. The lowest BCUT2D eigenvalue weighted by atomic mass is 10.1. The second-order valence-corrected chi connectivity index (χ2v) is 8.78. The van der Waals surface area contributed by atoms with E-state index < -0.39 is 10.0 Å².